The standard InChI is InChI=1S/C17H22N2OS/c1-3-5-6-7-13-20-15-11-9-14(10-12-15)17-19-18-16(21-17)8-4-2/h5-6,9-12H,3-4,7-8,13H2,1-2H3. The first kappa shape index (κ1) is 15.7. The van der Waals surface area contributed by atoms with Crippen LogP contribution in [0.4, 0.5) is 0 Å². The van der Waals surface area contributed by atoms with Crippen LogP contribution in [0.15, 0.2) is 36.4 Å². The summed E-state index contributed by atoms with van der Waals surface area (Å²) in [6.07, 6.45) is 8.46. The Balaban J connectivity index is 1.90. The Morgan fingerprint density at radius 3 is 2.62 bits per heavy atom. The summed E-state index contributed by atoms with van der Waals surface area (Å²) in [4.78, 5) is 0. The summed E-state index contributed by atoms with van der Waals surface area (Å²) in [6, 6.07) is 8.10. The van der Waals surface area contributed by atoms with Crippen LogP contribution in [0.1, 0.15) is 38.1 Å². The number of ether oxygens (including phenoxy) is 1. The first-order valence-corrected chi connectivity index (χ1v) is 8.35. The number of nitrogens with zero attached hydrogens (tertiary/aromatic N) is 2. The predicted molar refractivity (Wildman–Crippen MR) is 88.9 cm³/mol. The number of hydrogen-bond acceptors (Lipinski definition) is 4. The number of aryl methyl sites for hydroxylation is 1. The van der Waals surface area contributed by atoms with Crippen molar-refractivity contribution in [3.8, 4) is 16.3 Å². The molecule has 0 unspecified atom stereocenters. The van der Waals surface area contributed by atoms with Crippen LogP contribution in [0, 0.1) is 0 Å². The second-order valence-corrected chi connectivity index (χ2v) is 5.85. The summed E-state index contributed by atoms with van der Waals surface area (Å²) in [7, 11) is 0. The van der Waals surface area contributed by atoms with E-state index in [0.29, 0.717) is 0 Å². The van der Waals surface area contributed by atoms with E-state index in [9.17, 15) is 0 Å². The minimum atomic E-state index is 0.718. The highest BCUT2D eigenvalue weighted by atomic mass is 32.1. The van der Waals surface area contributed by atoms with Crippen molar-refractivity contribution < 1.29 is 4.74 Å². The van der Waals surface area contributed by atoms with Crippen LogP contribution >= 0.6 is 11.3 Å². The van der Waals surface area contributed by atoms with Gasteiger partial charge in [-0.2, -0.15) is 0 Å². The molecule has 0 saturated carbocycles. The third-order valence-electron chi connectivity index (χ3n) is 2.99. The monoisotopic (exact) mass is 302 g/mol. The highest BCUT2D eigenvalue weighted by molar-refractivity contribution is 7.14. The molecule has 1 aromatic heterocycles. The molecule has 0 aliphatic carbocycles. The summed E-state index contributed by atoms with van der Waals surface area (Å²) >= 11 is 1.67. The molecule has 1 aromatic carbocycles. The SMILES string of the molecule is CCC=CCCOc1ccc(-c2nnc(CCC)s2)cc1. The number of allylic oxidation sites excluding steroid dienone is 1. The van der Waals surface area contributed by atoms with Crippen LogP contribution in [-0.4, -0.2) is 16.8 Å². The van der Waals surface area contributed by atoms with Gasteiger partial charge in [0.15, 0.2) is 0 Å². The number of aromatic nitrogens is 2. The second-order valence-electron chi connectivity index (χ2n) is 4.79. The average Bonchev–Trinajstić information content (AvgIpc) is 2.97. The summed E-state index contributed by atoms with van der Waals surface area (Å²) in [5, 5.41) is 10.6. The van der Waals surface area contributed by atoms with Gasteiger partial charge in [0.2, 0.25) is 0 Å². The van der Waals surface area contributed by atoms with E-state index in [0.717, 1.165) is 53.6 Å². The fourth-order valence-electron chi connectivity index (χ4n) is 1.91. The molecule has 21 heavy (non-hydrogen) atoms. The molecule has 0 fully saturated rings. The molecule has 1 heterocycles. The summed E-state index contributed by atoms with van der Waals surface area (Å²) in [5.74, 6) is 0.905. The Morgan fingerprint density at radius 1 is 1.10 bits per heavy atom. The lowest BCUT2D eigenvalue weighted by Crippen LogP contribution is -1.95. The lowest BCUT2D eigenvalue weighted by atomic mass is 10.2. The van der Waals surface area contributed by atoms with Crippen LogP contribution in [0.25, 0.3) is 10.6 Å². The van der Waals surface area contributed by atoms with Crippen molar-refractivity contribution in [2.45, 2.75) is 39.5 Å². The Bertz CT molecular complexity index is 560. The van der Waals surface area contributed by atoms with Crippen molar-refractivity contribution in [3.63, 3.8) is 0 Å². The molecule has 0 aliphatic rings. The van der Waals surface area contributed by atoms with E-state index < -0.39 is 0 Å². The zero-order valence-electron chi connectivity index (χ0n) is 12.7. The summed E-state index contributed by atoms with van der Waals surface area (Å²) in [5.41, 5.74) is 1.10. The molecule has 2 rings (SSSR count). The van der Waals surface area contributed by atoms with Crippen molar-refractivity contribution in [1.29, 1.82) is 0 Å². The molecule has 0 atom stereocenters. The van der Waals surface area contributed by atoms with E-state index in [-0.39, 0.29) is 0 Å². The smallest absolute Gasteiger partial charge is 0.147 e. The molecular formula is C17H22N2OS. The molecule has 3 nitrogen and oxygen atoms in total. The third kappa shape index (κ3) is 4.97. The minimum absolute atomic E-state index is 0.718. The van der Waals surface area contributed by atoms with Gasteiger partial charge in [0.05, 0.1) is 6.61 Å². The maximum absolute atomic E-state index is 5.70. The van der Waals surface area contributed by atoms with Gasteiger partial charge in [0.25, 0.3) is 0 Å². The molecule has 0 N–H and O–H groups in total. The average molecular weight is 302 g/mol. The first-order valence-electron chi connectivity index (χ1n) is 7.54. The molecule has 112 valence electrons. The van der Waals surface area contributed by atoms with Gasteiger partial charge in [0.1, 0.15) is 15.8 Å². The third-order valence-corrected chi connectivity index (χ3v) is 4.02. The molecule has 0 saturated heterocycles. The molecular weight excluding hydrogens is 280 g/mol. The molecule has 2 aromatic rings. The first-order chi connectivity index (χ1) is 10.3. The Morgan fingerprint density at radius 2 is 1.90 bits per heavy atom. The minimum Gasteiger partial charge on any atom is -0.493 e. The molecule has 4 heteroatoms. The molecule has 0 radical (unpaired) electrons. The highest BCUT2D eigenvalue weighted by Gasteiger charge is 2.06. The van der Waals surface area contributed by atoms with E-state index in [4.69, 9.17) is 4.74 Å². The van der Waals surface area contributed by atoms with Crippen LogP contribution in [0.2, 0.25) is 0 Å². The highest BCUT2D eigenvalue weighted by Crippen LogP contribution is 2.26. The van der Waals surface area contributed by atoms with E-state index in [2.05, 4.69) is 36.2 Å². The molecule has 0 bridgehead atoms. The summed E-state index contributed by atoms with van der Waals surface area (Å²) < 4.78 is 5.70. The normalized spacial score (nSPS) is 11.1. The Kier molecular flexibility index (Phi) is 6.41. The number of rotatable bonds is 8. The molecule has 0 aliphatic heterocycles. The lowest BCUT2D eigenvalue weighted by Gasteiger charge is -2.04. The quantitative estimate of drug-likeness (QED) is 0.514. The topological polar surface area (TPSA) is 35.0 Å². The van der Waals surface area contributed by atoms with Gasteiger partial charge in [-0.1, -0.05) is 37.3 Å². The van der Waals surface area contributed by atoms with Crippen LogP contribution < -0.4 is 4.74 Å². The van der Waals surface area contributed by atoms with Gasteiger partial charge < -0.3 is 4.74 Å². The van der Waals surface area contributed by atoms with Crippen LogP contribution in [0.5, 0.6) is 5.75 Å². The van der Waals surface area contributed by atoms with Crippen molar-refractivity contribution in [2.24, 2.45) is 0 Å². The fraction of sp³-hybridized carbons (Fsp3) is 0.412. The van der Waals surface area contributed by atoms with Crippen LogP contribution in [0.3, 0.4) is 0 Å². The van der Waals surface area contributed by atoms with Crippen molar-refractivity contribution in [3.05, 3.63) is 41.4 Å². The Hall–Kier alpha value is -1.68. The Labute approximate surface area is 130 Å². The van der Waals surface area contributed by atoms with E-state index in [1.807, 2.05) is 24.3 Å². The number of hydrogen-bond donors (Lipinski definition) is 0. The lowest BCUT2D eigenvalue weighted by molar-refractivity contribution is 0.325. The molecule has 0 spiro atoms. The van der Waals surface area contributed by atoms with Crippen molar-refractivity contribution >= 4 is 11.3 Å². The summed E-state index contributed by atoms with van der Waals surface area (Å²) in [6.45, 7) is 5.01. The van der Waals surface area contributed by atoms with Gasteiger partial charge in [-0.3, -0.25) is 0 Å². The van der Waals surface area contributed by atoms with Gasteiger partial charge >= 0.3 is 0 Å². The van der Waals surface area contributed by atoms with Crippen molar-refractivity contribution in [2.75, 3.05) is 6.61 Å². The predicted octanol–water partition coefficient (Wildman–Crippen LogP) is 4.89. The van der Waals surface area contributed by atoms with E-state index >= 15 is 0 Å². The maximum Gasteiger partial charge on any atom is 0.147 e. The second kappa shape index (κ2) is 8.57. The van der Waals surface area contributed by atoms with Crippen molar-refractivity contribution in [1.82, 2.24) is 10.2 Å². The van der Waals surface area contributed by atoms with Gasteiger partial charge in [0, 0.05) is 12.0 Å². The van der Waals surface area contributed by atoms with E-state index in [1.165, 1.54) is 0 Å². The van der Waals surface area contributed by atoms with Gasteiger partial charge in [-0.25, -0.2) is 0 Å². The van der Waals surface area contributed by atoms with Gasteiger partial charge in [-0.15, -0.1) is 10.2 Å². The maximum atomic E-state index is 5.70. The zero-order chi connectivity index (χ0) is 14.9. The number of benzene rings is 1. The largest absolute Gasteiger partial charge is 0.493 e. The van der Waals surface area contributed by atoms with E-state index in [1.54, 1.807) is 11.3 Å². The molecule has 0 amide bonds. The van der Waals surface area contributed by atoms with Gasteiger partial charge in [-0.05, 0) is 43.5 Å². The van der Waals surface area contributed by atoms with Crippen LogP contribution in [-0.2, 0) is 6.42 Å². The fourth-order valence-corrected chi connectivity index (χ4v) is 2.85. The zero-order valence-corrected chi connectivity index (χ0v) is 13.5.